The first-order valence-electron chi connectivity index (χ1n) is 8.10. The number of halogens is 1. The average molecular weight is 357 g/mol. The molecular formula is C20H21ClN2O2. The van der Waals surface area contributed by atoms with Crippen LogP contribution in [0.4, 0.5) is 0 Å². The molecule has 0 fully saturated rings. The molecule has 25 heavy (non-hydrogen) atoms. The number of rotatable bonds is 5. The highest BCUT2D eigenvalue weighted by Gasteiger charge is 2.32. The van der Waals surface area contributed by atoms with Crippen molar-refractivity contribution >= 4 is 28.4 Å². The van der Waals surface area contributed by atoms with Crippen LogP contribution in [-0.2, 0) is 16.8 Å². The van der Waals surface area contributed by atoms with Crippen LogP contribution in [0.15, 0.2) is 48.7 Å². The van der Waals surface area contributed by atoms with Crippen LogP contribution in [0.5, 0.6) is 5.75 Å². The molecule has 0 saturated carbocycles. The summed E-state index contributed by atoms with van der Waals surface area (Å²) in [7, 11) is 1.63. The number of nitrogens with one attached hydrogen (secondary N) is 2. The number of ether oxygens (including phenoxy) is 1. The SMILES string of the molecule is COc1ccc(CNC(=O)C(C)(C)c2c[nH]c3ccc(Cl)cc23)cc1. The summed E-state index contributed by atoms with van der Waals surface area (Å²) < 4.78 is 5.15. The average Bonchev–Trinajstić information content (AvgIpc) is 3.03. The molecule has 1 heterocycles. The Kier molecular flexibility index (Phi) is 4.73. The second kappa shape index (κ2) is 6.81. The number of methoxy groups -OCH3 is 1. The fourth-order valence-electron chi connectivity index (χ4n) is 2.88. The van der Waals surface area contributed by atoms with E-state index in [9.17, 15) is 4.79 Å². The van der Waals surface area contributed by atoms with Crippen LogP contribution in [0.3, 0.4) is 0 Å². The molecule has 2 N–H and O–H groups in total. The van der Waals surface area contributed by atoms with E-state index in [1.54, 1.807) is 7.11 Å². The Balaban J connectivity index is 1.78. The lowest BCUT2D eigenvalue weighted by Crippen LogP contribution is -2.39. The van der Waals surface area contributed by atoms with Crippen LogP contribution in [0.2, 0.25) is 5.02 Å². The Hall–Kier alpha value is -2.46. The molecule has 3 rings (SSSR count). The number of hydrogen-bond acceptors (Lipinski definition) is 2. The van der Waals surface area contributed by atoms with Crippen LogP contribution in [0.25, 0.3) is 10.9 Å². The molecule has 1 aromatic heterocycles. The topological polar surface area (TPSA) is 54.1 Å². The molecule has 0 aliphatic heterocycles. The van der Waals surface area contributed by atoms with Gasteiger partial charge in [0, 0.05) is 28.7 Å². The molecule has 0 aliphatic rings. The molecule has 4 nitrogen and oxygen atoms in total. The summed E-state index contributed by atoms with van der Waals surface area (Å²) in [5.41, 5.74) is 2.23. The van der Waals surface area contributed by atoms with Crippen LogP contribution in [0.1, 0.15) is 25.0 Å². The van der Waals surface area contributed by atoms with Crippen LogP contribution in [-0.4, -0.2) is 18.0 Å². The number of H-pyrrole nitrogens is 1. The molecule has 5 heteroatoms. The third kappa shape index (κ3) is 3.49. The molecule has 3 aromatic rings. The Morgan fingerprint density at radius 2 is 1.92 bits per heavy atom. The zero-order valence-corrected chi connectivity index (χ0v) is 15.3. The fraction of sp³-hybridized carbons (Fsp3) is 0.250. The minimum Gasteiger partial charge on any atom is -0.497 e. The van der Waals surface area contributed by atoms with Crippen molar-refractivity contribution < 1.29 is 9.53 Å². The summed E-state index contributed by atoms with van der Waals surface area (Å²) in [6, 6.07) is 13.3. The second-order valence-electron chi connectivity index (χ2n) is 6.55. The summed E-state index contributed by atoms with van der Waals surface area (Å²) in [5, 5.41) is 4.64. The van der Waals surface area contributed by atoms with Crippen molar-refractivity contribution in [3.63, 3.8) is 0 Å². The van der Waals surface area contributed by atoms with Crippen LogP contribution < -0.4 is 10.1 Å². The molecule has 1 amide bonds. The first-order chi connectivity index (χ1) is 11.9. The lowest BCUT2D eigenvalue weighted by molar-refractivity contribution is -0.125. The van der Waals surface area contributed by atoms with Crippen LogP contribution in [0, 0.1) is 0 Å². The number of hydrogen-bond donors (Lipinski definition) is 2. The summed E-state index contributed by atoms with van der Waals surface area (Å²) in [6.07, 6.45) is 1.88. The van der Waals surface area contributed by atoms with Gasteiger partial charge in [-0.3, -0.25) is 4.79 Å². The summed E-state index contributed by atoms with van der Waals surface area (Å²) in [6.45, 7) is 4.30. The maximum absolute atomic E-state index is 12.8. The molecule has 0 bridgehead atoms. The van der Waals surface area contributed by atoms with Gasteiger partial charge in [0.25, 0.3) is 0 Å². The van der Waals surface area contributed by atoms with E-state index in [1.807, 2.05) is 62.5 Å². The van der Waals surface area contributed by atoms with Gasteiger partial charge >= 0.3 is 0 Å². The second-order valence-corrected chi connectivity index (χ2v) is 6.98. The zero-order valence-electron chi connectivity index (χ0n) is 14.5. The van der Waals surface area contributed by atoms with Crippen molar-refractivity contribution in [3.8, 4) is 5.75 Å². The predicted octanol–water partition coefficient (Wildman–Crippen LogP) is 4.42. The van der Waals surface area contributed by atoms with Gasteiger partial charge in [0.05, 0.1) is 12.5 Å². The molecule has 2 aromatic carbocycles. The van der Waals surface area contributed by atoms with Crippen molar-refractivity contribution in [1.29, 1.82) is 0 Å². The minimum absolute atomic E-state index is 0.0378. The Morgan fingerprint density at radius 1 is 1.20 bits per heavy atom. The Labute approximate surface area is 152 Å². The monoisotopic (exact) mass is 356 g/mol. The smallest absolute Gasteiger partial charge is 0.230 e. The minimum atomic E-state index is -0.685. The number of carbonyl (C=O) groups excluding carboxylic acids is 1. The maximum Gasteiger partial charge on any atom is 0.230 e. The third-order valence-corrected chi connectivity index (χ3v) is 4.73. The van der Waals surface area contributed by atoms with Crippen molar-refractivity contribution in [2.75, 3.05) is 7.11 Å². The van der Waals surface area contributed by atoms with Gasteiger partial charge in [-0.1, -0.05) is 23.7 Å². The number of benzene rings is 2. The first-order valence-corrected chi connectivity index (χ1v) is 8.48. The van der Waals surface area contributed by atoms with Gasteiger partial charge in [0.2, 0.25) is 5.91 Å². The molecule has 0 radical (unpaired) electrons. The van der Waals surface area contributed by atoms with Crippen LogP contribution >= 0.6 is 11.6 Å². The quantitative estimate of drug-likeness (QED) is 0.710. The van der Waals surface area contributed by atoms with Gasteiger partial charge in [0.1, 0.15) is 5.75 Å². The van der Waals surface area contributed by atoms with E-state index in [4.69, 9.17) is 16.3 Å². The number of amides is 1. The highest BCUT2D eigenvalue weighted by atomic mass is 35.5. The van der Waals surface area contributed by atoms with E-state index in [2.05, 4.69) is 10.3 Å². The first kappa shape index (κ1) is 17.4. The van der Waals surface area contributed by atoms with Gasteiger partial charge < -0.3 is 15.0 Å². The van der Waals surface area contributed by atoms with Gasteiger partial charge in [-0.15, -0.1) is 0 Å². The van der Waals surface area contributed by atoms with Crippen molar-refractivity contribution in [3.05, 3.63) is 64.8 Å². The molecule has 0 atom stereocenters. The maximum atomic E-state index is 12.8. The molecule has 0 aliphatic carbocycles. The fourth-order valence-corrected chi connectivity index (χ4v) is 3.05. The van der Waals surface area contributed by atoms with E-state index in [1.165, 1.54) is 0 Å². The molecular weight excluding hydrogens is 336 g/mol. The van der Waals surface area contributed by atoms with Crippen molar-refractivity contribution in [2.24, 2.45) is 0 Å². The lowest BCUT2D eigenvalue weighted by atomic mass is 9.83. The van der Waals surface area contributed by atoms with Gasteiger partial charge in [-0.2, -0.15) is 0 Å². The summed E-state index contributed by atoms with van der Waals surface area (Å²) in [4.78, 5) is 16.0. The van der Waals surface area contributed by atoms with Crippen molar-refractivity contribution in [2.45, 2.75) is 25.8 Å². The van der Waals surface area contributed by atoms with E-state index in [0.717, 1.165) is 27.8 Å². The third-order valence-electron chi connectivity index (χ3n) is 4.50. The Morgan fingerprint density at radius 3 is 2.60 bits per heavy atom. The number of aromatic amines is 1. The largest absolute Gasteiger partial charge is 0.497 e. The number of aromatic nitrogens is 1. The summed E-state index contributed by atoms with van der Waals surface area (Å²) in [5.74, 6) is 0.760. The normalized spacial score (nSPS) is 11.5. The molecule has 0 saturated heterocycles. The zero-order chi connectivity index (χ0) is 18.0. The van der Waals surface area contributed by atoms with Crippen molar-refractivity contribution in [1.82, 2.24) is 10.3 Å². The number of carbonyl (C=O) groups is 1. The van der Waals surface area contributed by atoms with Gasteiger partial charge in [0.15, 0.2) is 0 Å². The molecule has 130 valence electrons. The summed E-state index contributed by atoms with van der Waals surface area (Å²) >= 11 is 6.12. The van der Waals surface area contributed by atoms with E-state index in [-0.39, 0.29) is 5.91 Å². The van der Waals surface area contributed by atoms with Gasteiger partial charge in [-0.05, 0) is 55.3 Å². The van der Waals surface area contributed by atoms with E-state index in [0.29, 0.717) is 11.6 Å². The highest BCUT2D eigenvalue weighted by molar-refractivity contribution is 6.31. The Bertz CT molecular complexity index is 898. The number of fused-ring (bicyclic) bond motifs is 1. The lowest BCUT2D eigenvalue weighted by Gasteiger charge is -2.23. The standard InChI is InChI=1S/C20H21ClN2O2/c1-20(2,17-12-22-18-9-6-14(21)10-16(17)18)19(24)23-11-13-4-7-15(25-3)8-5-13/h4-10,12,22H,11H2,1-3H3,(H,23,24). The molecule has 0 spiro atoms. The highest BCUT2D eigenvalue weighted by Crippen LogP contribution is 2.32. The van der Waals surface area contributed by atoms with E-state index >= 15 is 0 Å². The molecule has 0 unspecified atom stereocenters. The van der Waals surface area contributed by atoms with E-state index < -0.39 is 5.41 Å². The predicted molar refractivity (Wildman–Crippen MR) is 101 cm³/mol. The van der Waals surface area contributed by atoms with Gasteiger partial charge in [-0.25, -0.2) is 0 Å².